The predicted molar refractivity (Wildman–Crippen MR) is 169 cm³/mol. The van der Waals surface area contributed by atoms with Crippen LogP contribution in [0.15, 0.2) is 55.0 Å². The summed E-state index contributed by atoms with van der Waals surface area (Å²) in [6.45, 7) is 7.10. The first kappa shape index (κ1) is 30.6. The molecule has 2 aromatic carbocycles. The van der Waals surface area contributed by atoms with Crippen LogP contribution in [0.4, 0.5) is 14.6 Å². The molecule has 2 aromatic heterocycles. The number of benzene rings is 2. The molecule has 0 aliphatic carbocycles. The molecule has 0 unspecified atom stereocenters. The molecule has 2 aliphatic heterocycles. The minimum Gasteiger partial charge on any atom is -0.462 e. The van der Waals surface area contributed by atoms with E-state index in [2.05, 4.69) is 34.4 Å². The molecule has 1 amide bonds. The number of halogens is 3. The lowest BCUT2D eigenvalue weighted by Gasteiger charge is -2.41. The maximum Gasteiger partial charge on any atom is 0.319 e. The molecular formula is C33H32ClF2N7O2. The van der Waals surface area contributed by atoms with Crippen molar-refractivity contribution in [2.45, 2.75) is 31.8 Å². The molecule has 232 valence electrons. The first-order valence-electron chi connectivity index (χ1n) is 14.8. The van der Waals surface area contributed by atoms with Crippen molar-refractivity contribution in [3.05, 3.63) is 65.8 Å². The van der Waals surface area contributed by atoms with Crippen LogP contribution in [-0.4, -0.2) is 82.6 Å². The van der Waals surface area contributed by atoms with E-state index in [4.69, 9.17) is 21.3 Å². The first-order chi connectivity index (χ1) is 21.7. The summed E-state index contributed by atoms with van der Waals surface area (Å²) in [5.74, 6) is -1.73. The lowest BCUT2D eigenvalue weighted by atomic mass is 10.0. The Labute approximate surface area is 264 Å². The number of nitriles is 1. The summed E-state index contributed by atoms with van der Waals surface area (Å²) < 4.78 is 36.6. The fourth-order valence-corrected chi connectivity index (χ4v) is 6.77. The number of pyridine rings is 1. The number of ether oxygens (including phenoxy) is 1. The van der Waals surface area contributed by atoms with Crippen LogP contribution in [0.25, 0.3) is 32.9 Å². The number of rotatable bonds is 7. The molecule has 4 heterocycles. The van der Waals surface area contributed by atoms with Gasteiger partial charge in [0.1, 0.15) is 23.6 Å². The molecule has 0 radical (unpaired) electrons. The van der Waals surface area contributed by atoms with Gasteiger partial charge in [-0.2, -0.15) is 15.2 Å². The molecule has 2 aliphatic rings. The number of amides is 1. The smallest absolute Gasteiger partial charge is 0.319 e. The number of hydrogen-bond acceptors (Lipinski definition) is 8. The Morgan fingerprint density at radius 3 is 2.67 bits per heavy atom. The molecule has 2 fully saturated rings. The van der Waals surface area contributed by atoms with Gasteiger partial charge in [0.25, 0.3) is 5.91 Å². The Kier molecular flexibility index (Phi) is 8.53. The normalized spacial score (nSPS) is 20.5. The topological polar surface area (TPSA) is 98.5 Å². The van der Waals surface area contributed by atoms with E-state index >= 15 is 4.39 Å². The molecular weight excluding hydrogens is 600 g/mol. The van der Waals surface area contributed by atoms with Gasteiger partial charge >= 0.3 is 6.01 Å². The summed E-state index contributed by atoms with van der Waals surface area (Å²) in [6, 6.07) is 12.6. The Morgan fingerprint density at radius 1 is 1.18 bits per heavy atom. The number of piperazine rings is 1. The third-order valence-corrected chi connectivity index (χ3v) is 8.97. The molecule has 0 spiro atoms. The molecule has 12 heteroatoms. The quantitative estimate of drug-likeness (QED) is 0.237. The third-order valence-electron chi connectivity index (χ3n) is 8.66. The molecule has 4 aromatic rings. The van der Waals surface area contributed by atoms with Crippen LogP contribution in [0.3, 0.4) is 0 Å². The highest BCUT2D eigenvalue weighted by Gasteiger charge is 2.34. The average Bonchev–Trinajstić information content (AvgIpc) is 3.36. The van der Waals surface area contributed by atoms with E-state index < -0.39 is 23.6 Å². The summed E-state index contributed by atoms with van der Waals surface area (Å²) in [5, 5.41) is 11.8. The number of carbonyl (C=O) groups excluding carboxylic acids is 1. The molecule has 45 heavy (non-hydrogen) atoms. The highest BCUT2D eigenvalue weighted by Crippen LogP contribution is 2.38. The fourth-order valence-electron chi connectivity index (χ4n) is 6.48. The van der Waals surface area contributed by atoms with Crippen LogP contribution in [0.1, 0.15) is 19.8 Å². The number of nitrogens with zero attached hydrogens (tertiary/aromatic N) is 7. The molecule has 3 atom stereocenters. The number of likely N-dealkylation sites (N-methyl/N-ethyl adjacent to an activating group) is 1. The van der Waals surface area contributed by atoms with Crippen molar-refractivity contribution in [3.8, 4) is 23.3 Å². The first-order valence-corrected chi connectivity index (χ1v) is 15.2. The van der Waals surface area contributed by atoms with Crippen LogP contribution in [-0.2, 0) is 4.79 Å². The van der Waals surface area contributed by atoms with Gasteiger partial charge in [0, 0.05) is 54.4 Å². The van der Waals surface area contributed by atoms with Crippen LogP contribution in [0.5, 0.6) is 6.01 Å². The summed E-state index contributed by atoms with van der Waals surface area (Å²) in [5.41, 5.74) is 0.624. The van der Waals surface area contributed by atoms with Gasteiger partial charge in [0.2, 0.25) is 0 Å². The highest BCUT2D eigenvalue weighted by molar-refractivity contribution is 6.36. The summed E-state index contributed by atoms with van der Waals surface area (Å²) >= 11 is 6.57. The molecule has 9 nitrogen and oxygen atoms in total. The van der Waals surface area contributed by atoms with Gasteiger partial charge < -0.3 is 14.5 Å². The van der Waals surface area contributed by atoms with Gasteiger partial charge in [0.05, 0.1) is 23.9 Å². The molecule has 0 saturated carbocycles. The van der Waals surface area contributed by atoms with Gasteiger partial charge in [-0.15, -0.1) is 0 Å². The zero-order valence-corrected chi connectivity index (χ0v) is 25.8. The van der Waals surface area contributed by atoms with Crippen molar-refractivity contribution in [3.63, 3.8) is 0 Å². The van der Waals surface area contributed by atoms with E-state index in [9.17, 15) is 14.4 Å². The van der Waals surface area contributed by atoms with E-state index in [1.54, 1.807) is 12.1 Å². The minimum atomic E-state index is -1.09. The third kappa shape index (κ3) is 5.88. The minimum absolute atomic E-state index is 0.00457. The standard InChI is InChI=1S/C33H32ClF2N7O2/c1-19-14-23(41(3)16-19)18-45-33-39-30-25(31(40-33)42-12-13-43(32(44)20(2)35)22(17-42)10-11-37)15-38-29(28(30)36)24-8-4-6-21-7-5-9-26(34)27(21)24/h4-9,15,19,22-23H,2,10,12-14,16-18H2,1,3H3/t19-,22+,23+/m1/s1. The maximum absolute atomic E-state index is 16.6. The van der Waals surface area contributed by atoms with Crippen LogP contribution in [0.2, 0.25) is 5.02 Å². The van der Waals surface area contributed by atoms with E-state index in [0.29, 0.717) is 39.7 Å². The van der Waals surface area contributed by atoms with Gasteiger partial charge in [-0.1, -0.05) is 55.4 Å². The molecule has 0 N–H and O–H groups in total. The molecule has 0 bridgehead atoms. The molecule has 6 rings (SSSR count). The lowest BCUT2D eigenvalue weighted by Crippen LogP contribution is -2.55. The largest absolute Gasteiger partial charge is 0.462 e. The van der Waals surface area contributed by atoms with Gasteiger partial charge in [-0.3, -0.25) is 14.7 Å². The second-order valence-corrected chi connectivity index (χ2v) is 12.2. The van der Waals surface area contributed by atoms with E-state index in [1.807, 2.05) is 36.2 Å². The Morgan fingerprint density at radius 2 is 1.96 bits per heavy atom. The van der Waals surface area contributed by atoms with Gasteiger partial charge in [-0.05, 0) is 30.8 Å². The summed E-state index contributed by atoms with van der Waals surface area (Å²) in [4.78, 5) is 31.6. The van der Waals surface area contributed by atoms with E-state index in [1.165, 1.54) is 11.1 Å². The number of fused-ring (bicyclic) bond motifs is 2. The zero-order valence-electron chi connectivity index (χ0n) is 25.0. The fraction of sp³-hybridized carbons (Fsp3) is 0.364. The van der Waals surface area contributed by atoms with Crippen LogP contribution < -0.4 is 9.64 Å². The average molecular weight is 632 g/mol. The van der Waals surface area contributed by atoms with Gasteiger partial charge in [0.15, 0.2) is 11.6 Å². The van der Waals surface area contributed by atoms with Gasteiger partial charge in [-0.25, -0.2) is 8.78 Å². The Hall–Kier alpha value is -4.40. The second-order valence-electron chi connectivity index (χ2n) is 11.8. The number of hydrogen-bond donors (Lipinski definition) is 0. The number of anilines is 1. The highest BCUT2D eigenvalue weighted by atomic mass is 35.5. The van der Waals surface area contributed by atoms with Crippen molar-refractivity contribution >= 4 is 45.0 Å². The van der Waals surface area contributed by atoms with Crippen molar-refractivity contribution in [1.29, 1.82) is 5.26 Å². The van der Waals surface area contributed by atoms with E-state index in [0.717, 1.165) is 18.4 Å². The SMILES string of the molecule is C=C(F)C(=O)N1CCN(c2nc(OC[C@@H]3C[C@@H](C)CN3C)nc3c(F)c(-c4cccc5cccc(Cl)c45)ncc23)C[C@@H]1CC#N. The van der Waals surface area contributed by atoms with Crippen LogP contribution >= 0.6 is 11.6 Å². The number of aromatic nitrogens is 3. The van der Waals surface area contributed by atoms with E-state index in [-0.39, 0.29) is 49.3 Å². The maximum atomic E-state index is 16.6. The zero-order chi connectivity index (χ0) is 31.8. The summed E-state index contributed by atoms with van der Waals surface area (Å²) in [7, 11) is 2.04. The Bertz CT molecular complexity index is 1840. The Balaban J connectivity index is 1.45. The second kappa shape index (κ2) is 12.5. The number of likely N-dealkylation sites (tertiary alicyclic amines) is 1. The van der Waals surface area contributed by atoms with Crippen molar-refractivity contribution < 1.29 is 18.3 Å². The lowest BCUT2D eigenvalue weighted by molar-refractivity contribution is -0.131. The predicted octanol–water partition coefficient (Wildman–Crippen LogP) is 5.77. The van der Waals surface area contributed by atoms with Crippen molar-refractivity contribution in [1.82, 2.24) is 24.8 Å². The summed E-state index contributed by atoms with van der Waals surface area (Å²) in [6.07, 6.45) is 2.44. The van der Waals surface area contributed by atoms with Crippen molar-refractivity contribution in [2.75, 3.05) is 44.7 Å². The van der Waals surface area contributed by atoms with Crippen LogP contribution in [0, 0.1) is 23.1 Å². The molecule has 2 saturated heterocycles. The monoisotopic (exact) mass is 631 g/mol. The number of carbonyl (C=O) groups is 1. The van der Waals surface area contributed by atoms with Crippen molar-refractivity contribution in [2.24, 2.45) is 5.92 Å².